The maximum Gasteiger partial charge on any atom is 0.255 e. The zero-order valence-corrected chi connectivity index (χ0v) is 18.3. The molecule has 3 heterocycles. The number of carbonyl (C=O) groups excluding carboxylic acids is 2. The zero-order valence-electron chi connectivity index (χ0n) is 17.5. The molecule has 6 heteroatoms. The summed E-state index contributed by atoms with van der Waals surface area (Å²) in [6.07, 6.45) is 5.64. The number of thioether (sulfide) groups is 1. The summed E-state index contributed by atoms with van der Waals surface area (Å²) in [4.78, 5) is 30.0. The number of aryl methyl sites for hydroxylation is 1. The molecule has 1 N–H and O–H groups in total. The van der Waals surface area contributed by atoms with Crippen molar-refractivity contribution >= 4 is 29.1 Å². The van der Waals surface area contributed by atoms with E-state index < -0.39 is 0 Å². The number of hydrogen-bond donors (Lipinski definition) is 1. The van der Waals surface area contributed by atoms with Crippen molar-refractivity contribution in [3.63, 3.8) is 0 Å². The van der Waals surface area contributed by atoms with E-state index >= 15 is 0 Å². The van der Waals surface area contributed by atoms with Crippen molar-refractivity contribution in [3.05, 3.63) is 119 Å². The number of hydrogen-bond acceptors (Lipinski definition) is 4. The topological polar surface area (TPSA) is 64.0 Å². The average molecular weight is 440 g/mol. The third-order valence-corrected chi connectivity index (χ3v) is 6.83. The van der Waals surface area contributed by atoms with Crippen LogP contribution >= 0.6 is 11.8 Å². The van der Waals surface area contributed by atoms with Crippen LogP contribution in [0.2, 0.25) is 0 Å². The molecule has 0 unspecified atom stereocenters. The van der Waals surface area contributed by atoms with Crippen molar-refractivity contribution in [2.75, 3.05) is 5.32 Å². The van der Waals surface area contributed by atoms with Crippen LogP contribution in [0.3, 0.4) is 0 Å². The van der Waals surface area contributed by atoms with Gasteiger partial charge in [0.15, 0.2) is 5.78 Å². The Bertz CT molecular complexity index is 1300. The van der Waals surface area contributed by atoms with Crippen LogP contribution in [0.1, 0.15) is 48.5 Å². The lowest BCUT2D eigenvalue weighted by molar-refractivity contribution is 0.102. The molecule has 32 heavy (non-hydrogen) atoms. The number of rotatable bonds is 5. The second-order valence-electron chi connectivity index (χ2n) is 7.76. The Morgan fingerprint density at radius 2 is 1.81 bits per heavy atom. The Kier molecular flexibility index (Phi) is 5.37. The Morgan fingerprint density at radius 1 is 1.00 bits per heavy atom. The molecule has 0 saturated carbocycles. The summed E-state index contributed by atoms with van der Waals surface area (Å²) in [5, 5.41) is 3.18. The number of aromatic nitrogens is 2. The number of nitrogens with zero attached hydrogens (tertiary/aromatic N) is 2. The lowest BCUT2D eigenvalue weighted by atomic mass is 10.0. The van der Waals surface area contributed by atoms with Gasteiger partial charge in [0.1, 0.15) is 5.37 Å². The summed E-state index contributed by atoms with van der Waals surface area (Å²) in [6.45, 7) is 1.98. The maximum atomic E-state index is 13.0. The van der Waals surface area contributed by atoms with Gasteiger partial charge in [0.25, 0.3) is 5.91 Å². The van der Waals surface area contributed by atoms with E-state index in [1.807, 2.05) is 55.7 Å². The Labute approximate surface area is 190 Å². The van der Waals surface area contributed by atoms with E-state index in [0.29, 0.717) is 16.7 Å². The minimum atomic E-state index is -0.229. The van der Waals surface area contributed by atoms with Gasteiger partial charge in [-0.1, -0.05) is 48.0 Å². The molecule has 158 valence electrons. The first kappa shape index (κ1) is 20.3. The highest BCUT2D eigenvalue weighted by atomic mass is 32.2. The third kappa shape index (κ3) is 3.85. The summed E-state index contributed by atoms with van der Waals surface area (Å²) in [7, 11) is 0. The Morgan fingerprint density at radius 3 is 2.59 bits per heavy atom. The van der Waals surface area contributed by atoms with Gasteiger partial charge in [-0.05, 0) is 31.2 Å². The number of amides is 1. The number of nitrogens with one attached hydrogen (secondary N) is 1. The molecule has 0 aliphatic carbocycles. The van der Waals surface area contributed by atoms with Crippen molar-refractivity contribution in [2.45, 2.75) is 18.1 Å². The third-order valence-electron chi connectivity index (χ3n) is 5.57. The van der Waals surface area contributed by atoms with Crippen LogP contribution in [0, 0.1) is 6.92 Å². The van der Waals surface area contributed by atoms with Crippen molar-refractivity contribution in [2.24, 2.45) is 0 Å². The van der Waals surface area contributed by atoms with Crippen LogP contribution in [0.25, 0.3) is 0 Å². The highest BCUT2D eigenvalue weighted by molar-refractivity contribution is 7.99. The maximum absolute atomic E-state index is 13.0. The molecule has 0 spiro atoms. The van der Waals surface area contributed by atoms with Crippen molar-refractivity contribution in [1.82, 2.24) is 9.55 Å². The highest BCUT2D eigenvalue weighted by Gasteiger charge is 2.27. The quantitative estimate of drug-likeness (QED) is 0.419. The largest absolute Gasteiger partial charge is 0.332 e. The minimum absolute atomic E-state index is 0.0971. The second-order valence-corrected chi connectivity index (χ2v) is 8.83. The monoisotopic (exact) mass is 439 g/mol. The zero-order chi connectivity index (χ0) is 22.1. The normalized spacial score (nSPS) is 14.7. The Hall–Kier alpha value is -3.64. The lowest BCUT2D eigenvalue weighted by Crippen LogP contribution is -2.14. The molecular formula is C26H21N3O2S. The van der Waals surface area contributed by atoms with Crippen LogP contribution in [0.5, 0.6) is 0 Å². The van der Waals surface area contributed by atoms with Crippen LogP contribution in [-0.2, 0) is 5.75 Å². The molecule has 0 radical (unpaired) electrons. The van der Waals surface area contributed by atoms with Gasteiger partial charge in [-0.3, -0.25) is 14.6 Å². The summed E-state index contributed by atoms with van der Waals surface area (Å²) in [5.74, 6) is 0.473. The smallest absolute Gasteiger partial charge is 0.255 e. The predicted molar refractivity (Wildman–Crippen MR) is 127 cm³/mol. The number of pyridine rings is 1. The van der Waals surface area contributed by atoms with Gasteiger partial charge >= 0.3 is 0 Å². The first-order valence-electron chi connectivity index (χ1n) is 10.3. The number of fused-ring (bicyclic) bond motifs is 1. The van der Waals surface area contributed by atoms with Gasteiger partial charge in [-0.15, -0.1) is 11.8 Å². The van der Waals surface area contributed by atoms with Gasteiger partial charge in [-0.25, -0.2) is 0 Å². The molecule has 1 amide bonds. The fourth-order valence-electron chi connectivity index (χ4n) is 3.85. The second kappa shape index (κ2) is 8.48. The van der Waals surface area contributed by atoms with Crippen LogP contribution in [0.4, 0.5) is 5.69 Å². The van der Waals surface area contributed by atoms with Crippen molar-refractivity contribution < 1.29 is 9.59 Å². The van der Waals surface area contributed by atoms with Crippen molar-refractivity contribution in [3.8, 4) is 0 Å². The Balaban J connectivity index is 1.35. The molecule has 5 rings (SSSR count). The fraction of sp³-hybridized carbons (Fsp3) is 0.115. The number of anilines is 1. The van der Waals surface area contributed by atoms with Gasteiger partial charge in [-0.2, -0.15) is 0 Å². The lowest BCUT2D eigenvalue weighted by Gasteiger charge is -2.12. The van der Waals surface area contributed by atoms with E-state index in [1.54, 1.807) is 42.2 Å². The van der Waals surface area contributed by atoms with E-state index in [1.165, 1.54) is 0 Å². The van der Waals surface area contributed by atoms with E-state index in [4.69, 9.17) is 0 Å². The molecule has 4 aromatic rings. The van der Waals surface area contributed by atoms with Gasteiger partial charge in [0.05, 0.1) is 11.4 Å². The molecule has 0 saturated heterocycles. The van der Waals surface area contributed by atoms with E-state index in [9.17, 15) is 9.59 Å². The van der Waals surface area contributed by atoms with Crippen molar-refractivity contribution in [1.29, 1.82) is 0 Å². The van der Waals surface area contributed by atoms with E-state index in [0.717, 1.165) is 28.3 Å². The first-order valence-corrected chi connectivity index (χ1v) is 11.4. The molecule has 5 nitrogen and oxygen atoms in total. The summed E-state index contributed by atoms with van der Waals surface area (Å²) in [6, 6.07) is 20.2. The highest BCUT2D eigenvalue weighted by Crippen LogP contribution is 2.43. The molecule has 0 bridgehead atoms. The molecule has 1 atom stereocenters. The number of ketones is 1. The summed E-state index contributed by atoms with van der Waals surface area (Å²) < 4.78 is 2.18. The van der Waals surface area contributed by atoms with E-state index in [-0.39, 0.29) is 17.1 Å². The average Bonchev–Trinajstić information content (AvgIpc) is 3.43. The molecular weight excluding hydrogens is 418 g/mol. The summed E-state index contributed by atoms with van der Waals surface area (Å²) >= 11 is 1.80. The fourth-order valence-corrected chi connectivity index (χ4v) is 5.16. The molecule has 0 fully saturated rings. The van der Waals surface area contributed by atoms with Crippen LogP contribution < -0.4 is 5.32 Å². The number of carbonyl (C=O) groups is 2. The number of benzene rings is 2. The molecule has 2 aromatic heterocycles. The molecule has 1 aliphatic heterocycles. The van der Waals surface area contributed by atoms with Crippen LogP contribution in [-0.4, -0.2) is 21.2 Å². The standard InChI is InChI=1S/C26H21N3O2S/c1-17-7-9-18(10-8-17)24(30)19-4-2-5-20(14-19)25(31)28-22-11-13-29-23(22)16-32-26(29)21-6-3-12-27-15-21/h2-15,26H,16H2,1H3,(H,28,31)/t26-/m1/s1. The van der Waals surface area contributed by atoms with Gasteiger partial charge in [0.2, 0.25) is 0 Å². The first-order chi connectivity index (χ1) is 15.6. The SMILES string of the molecule is Cc1ccc(C(=O)c2cccc(C(=O)Nc3ccn4c3CS[C@@H]4c3cccnc3)c2)cc1. The molecule has 1 aliphatic rings. The minimum Gasteiger partial charge on any atom is -0.332 e. The summed E-state index contributed by atoms with van der Waals surface area (Å²) in [5.41, 5.74) is 5.66. The molecule has 2 aromatic carbocycles. The predicted octanol–water partition coefficient (Wildman–Crippen LogP) is 5.47. The van der Waals surface area contributed by atoms with Gasteiger partial charge < -0.3 is 9.88 Å². The van der Waals surface area contributed by atoms with Gasteiger partial charge in [0, 0.05) is 46.6 Å². The van der Waals surface area contributed by atoms with Crippen LogP contribution in [0.15, 0.2) is 85.3 Å². The van der Waals surface area contributed by atoms with E-state index in [2.05, 4.69) is 20.9 Å².